The van der Waals surface area contributed by atoms with E-state index < -0.39 is 0 Å². The summed E-state index contributed by atoms with van der Waals surface area (Å²) in [5.41, 5.74) is 4.34. The molecule has 0 unspecified atom stereocenters. The van der Waals surface area contributed by atoms with Crippen molar-refractivity contribution in [3.05, 3.63) is 71.1 Å². The van der Waals surface area contributed by atoms with Crippen molar-refractivity contribution in [1.82, 2.24) is 9.58 Å². The minimum Gasteiger partial charge on any atom is -0.317 e. The highest BCUT2D eigenvalue weighted by atomic mass is 32.2. The summed E-state index contributed by atoms with van der Waals surface area (Å²) in [4.78, 5) is 17.2. The fourth-order valence-corrected chi connectivity index (χ4v) is 5.63. The number of hydrazone groups is 1. The Kier molecular flexibility index (Phi) is 6.43. The second kappa shape index (κ2) is 9.66. The third-order valence-electron chi connectivity index (χ3n) is 6.52. The van der Waals surface area contributed by atoms with Gasteiger partial charge in [0.2, 0.25) is 5.17 Å². The number of rotatable bonds is 7. The molecule has 1 N–H and O–H groups in total. The number of fused-ring (bicyclic) bond motifs is 2. The van der Waals surface area contributed by atoms with Gasteiger partial charge in [0.15, 0.2) is 5.84 Å². The number of thioether (sulfide) groups is 1. The monoisotopic (exact) mass is 483 g/mol. The molecule has 2 aromatic carbocycles. The fourth-order valence-electron chi connectivity index (χ4n) is 4.70. The lowest BCUT2D eigenvalue weighted by molar-refractivity contribution is -0.114. The first-order valence-corrected chi connectivity index (χ1v) is 13.0. The molecule has 0 atom stereocenters. The van der Waals surface area contributed by atoms with E-state index in [9.17, 15) is 4.79 Å². The van der Waals surface area contributed by atoms with Gasteiger partial charge in [0.05, 0.1) is 11.3 Å². The lowest BCUT2D eigenvalue weighted by Gasteiger charge is -2.20. The van der Waals surface area contributed by atoms with Crippen LogP contribution in [0.3, 0.4) is 0 Å². The number of carbonyl (C=O) groups is 1. The molecule has 178 valence electrons. The number of benzene rings is 2. The summed E-state index contributed by atoms with van der Waals surface area (Å²) in [6.07, 6.45) is 7.26. The minimum absolute atomic E-state index is 0.0889. The van der Waals surface area contributed by atoms with Crippen LogP contribution in [0.4, 0.5) is 0 Å². The molecule has 0 saturated carbocycles. The van der Waals surface area contributed by atoms with E-state index >= 15 is 0 Å². The molecule has 0 aliphatic carbocycles. The van der Waals surface area contributed by atoms with Gasteiger partial charge >= 0.3 is 0 Å². The molecule has 0 radical (unpaired) electrons. The molecule has 3 aromatic rings. The van der Waals surface area contributed by atoms with Crippen molar-refractivity contribution >= 4 is 50.6 Å². The molecule has 7 heteroatoms. The van der Waals surface area contributed by atoms with Gasteiger partial charge in [-0.1, -0.05) is 62.6 Å². The first-order valence-electron chi connectivity index (χ1n) is 12.1. The lowest BCUT2D eigenvalue weighted by Crippen LogP contribution is -2.35. The molecular formula is C28H29N5OS. The second-order valence-corrected chi connectivity index (χ2v) is 10.0. The highest BCUT2D eigenvalue weighted by Gasteiger charge is 2.35. The van der Waals surface area contributed by atoms with Crippen LogP contribution < -0.4 is 0 Å². The molecule has 0 saturated heterocycles. The Hall–Kier alpha value is -3.45. The summed E-state index contributed by atoms with van der Waals surface area (Å²) >= 11 is 1.41. The second-order valence-electron chi connectivity index (χ2n) is 8.98. The number of unbranched alkanes of at least 4 members (excludes halogenated alkanes) is 3. The van der Waals surface area contributed by atoms with Gasteiger partial charge in [0.1, 0.15) is 5.04 Å². The molecule has 0 spiro atoms. The zero-order valence-corrected chi connectivity index (χ0v) is 21.2. The van der Waals surface area contributed by atoms with Gasteiger partial charge in [-0.05, 0) is 67.6 Å². The van der Waals surface area contributed by atoms with Crippen LogP contribution in [0.1, 0.15) is 56.0 Å². The van der Waals surface area contributed by atoms with E-state index in [1.54, 1.807) is 6.08 Å². The summed E-state index contributed by atoms with van der Waals surface area (Å²) in [7, 11) is 0. The molecule has 0 bridgehead atoms. The molecule has 6 nitrogen and oxygen atoms in total. The summed E-state index contributed by atoms with van der Waals surface area (Å²) in [5.74, 6) is -0.294. The standard InChI is InChI=1S/C28H29N5OS/c1-4-5-6-7-15-25-31-33-26(29)23(27(34)30-28(33)35-25)17-21-16-18(2)32(19(21)3)24-14-10-12-20-11-8-9-13-22(20)24/h8-14,16-17,29H,4-7,15H2,1-3H3/b23-17-,29-26?. The van der Waals surface area contributed by atoms with Crippen molar-refractivity contribution in [3.8, 4) is 5.69 Å². The highest BCUT2D eigenvalue weighted by Crippen LogP contribution is 2.32. The summed E-state index contributed by atoms with van der Waals surface area (Å²) in [6.45, 7) is 6.30. The molecule has 0 fully saturated rings. The topological polar surface area (TPSA) is 73.8 Å². The Labute approximate surface area is 209 Å². The average Bonchev–Trinajstić information content (AvgIpc) is 3.38. The number of nitrogens with one attached hydrogen (secondary N) is 1. The predicted octanol–water partition coefficient (Wildman–Crippen LogP) is 6.84. The number of carbonyl (C=O) groups excluding carboxylic acids is 1. The number of aromatic nitrogens is 1. The van der Waals surface area contributed by atoms with Crippen LogP contribution in [0.15, 0.2) is 64.2 Å². The fraction of sp³-hybridized carbons (Fsp3) is 0.286. The number of aliphatic imine (C=N–C) groups is 1. The van der Waals surface area contributed by atoms with E-state index in [-0.39, 0.29) is 17.3 Å². The van der Waals surface area contributed by atoms with E-state index in [0.29, 0.717) is 5.17 Å². The van der Waals surface area contributed by atoms with Crippen molar-refractivity contribution < 1.29 is 4.79 Å². The molecule has 2 aliphatic rings. The van der Waals surface area contributed by atoms with Gasteiger partial charge in [-0.25, -0.2) is 0 Å². The number of amides is 1. The average molecular weight is 484 g/mol. The van der Waals surface area contributed by atoms with Gasteiger partial charge in [-0.2, -0.15) is 15.1 Å². The van der Waals surface area contributed by atoms with Crippen molar-refractivity contribution in [2.45, 2.75) is 52.9 Å². The number of amidine groups is 2. The summed E-state index contributed by atoms with van der Waals surface area (Å²) in [6, 6.07) is 16.7. The van der Waals surface area contributed by atoms with Crippen LogP contribution in [0.5, 0.6) is 0 Å². The first kappa shape index (κ1) is 23.3. The third-order valence-corrected chi connectivity index (χ3v) is 7.49. The van der Waals surface area contributed by atoms with E-state index in [0.717, 1.165) is 46.9 Å². The number of hydrogen-bond acceptors (Lipinski definition) is 4. The normalized spacial score (nSPS) is 16.8. The first-order chi connectivity index (χ1) is 17.0. The molecule has 1 amide bonds. The molecular weight excluding hydrogens is 454 g/mol. The van der Waals surface area contributed by atoms with Crippen molar-refractivity contribution in [3.63, 3.8) is 0 Å². The Balaban J connectivity index is 1.46. The Bertz CT molecular complexity index is 1420. The smallest absolute Gasteiger partial charge is 0.283 e. The predicted molar refractivity (Wildman–Crippen MR) is 147 cm³/mol. The number of aryl methyl sites for hydroxylation is 1. The van der Waals surface area contributed by atoms with Gasteiger partial charge in [0, 0.05) is 16.8 Å². The zero-order valence-electron chi connectivity index (χ0n) is 20.3. The van der Waals surface area contributed by atoms with E-state index in [4.69, 9.17) is 5.41 Å². The van der Waals surface area contributed by atoms with Crippen LogP contribution in [-0.2, 0) is 4.79 Å². The van der Waals surface area contributed by atoms with Crippen LogP contribution in [-0.4, -0.2) is 31.5 Å². The largest absolute Gasteiger partial charge is 0.317 e. The maximum Gasteiger partial charge on any atom is 0.283 e. The van der Waals surface area contributed by atoms with Crippen LogP contribution >= 0.6 is 11.8 Å². The van der Waals surface area contributed by atoms with Crippen molar-refractivity contribution in [1.29, 1.82) is 5.41 Å². The number of hydrogen-bond donors (Lipinski definition) is 1. The Morgan fingerprint density at radius 1 is 1.06 bits per heavy atom. The molecule has 35 heavy (non-hydrogen) atoms. The summed E-state index contributed by atoms with van der Waals surface area (Å²) < 4.78 is 2.21. The van der Waals surface area contributed by atoms with E-state index in [2.05, 4.69) is 64.9 Å². The van der Waals surface area contributed by atoms with E-state index in [1.807, 2.05) is 19.1 Å². The highest BCUT2D eigenvalue weighted by molar-refractivity contribution is 8.26. The van der Waals surface area contributed by atoms with Crippen LogP contribution in [0, 0.1) is 19.3 Å². The van der Waals surface area contributed by atoms with Crippen molar-refractivity contribution in [2.24, 2.45) is 10.1 Å². The SMILES string of the molecule is CCCCCCC1=NN2C(=N)/C(=C/c3cc(C)n(-c4cccc5ccccc45)c3C)C(=O)N=C2S1. The molecule has 2 aliphatic heterocycles. The Morgan fingerprint density at radius 3 is 2.69 bits per heavy atom. The van der Waals surface area contributed by atoms with E-state index in [1.165, 1.54) is 40.4 Å². The zero-order chi connectivity index (χ0) is 24.5. The maximum absolute atomic E-state index is 12.9. The molecule has 1 aromatic heterocycles. The van der Waals surface area contributed by atoms with Crippen LogP contribution in [0.25, 0.3) is 22.5 Å². The quantitative estimate of drug-likeness (QED) is 0.295. The Morgan fingerprint density at radius 2 is 1.86 bits per heavy atom. The van der Waals surface area contributed by atoms with Gasteiger partial charge in [0.25, 0.3) is 5.91 Å². The molecule has 3 heterocycles. The lowest BCUT2D eigenvalue weighted by atomic mass is 10.1. The van der Waals surface area contributed by atoms with Gasteiger partial charge < -0.3 is 4.57 Å². The minimum atomic E-state index is -0.383. The van der Waals surface area contributed by atoms with Gasteiger partial charge in [-0.3, -0.25) is 10.2 Å². The van der Waals surface area contributed by atoms with Crippen LogP contribution in [0.2, 0.25) is 0 Å². The summed E-state index contributed by atoms with van der Waals surface area (Å²) in [5, 5.41) is 18.6. The number of nitrogens with zero attached hydrogens (tertiary/aromatic N) is 4. The van der Waals surface area contributed by atoms with Crippen molar-refractivity contribution in [2.75, 3.05) is 0 Å². The maximum atomic E-state index is 12.9. The molecule has 5 rings (SSSR count). The van der Waals surface area contributed by atoms with Gasteiger partial charge in [-0.15, -0.1) is 0 Å². The third kappa shape index (κ3) is 4.36.